The summed E-state index contributed by atoms with van der Waals surface area (Å²) in [5.74, 6) is 0. The molecule has 0 aromatic carbocycles. The first-order valence-electron chi connectivity index (χ1n) is 5.81. The van der Waals surface area contributed by atoms with Crippen LogP contribution >= 0.6 is 34.2 Å². The Morgan fingerprint density at radius 2 is 2.00 bits per heavy atom. The van der Waals surface area contributed by atoms with Gasteiger partial charge in [0.15, 0.2) is 14.6 Å². The molecular weight excluding hydrogens is 351 g/mol. The van der Waals surface area contributed by atoms with Crippen LogP contribution in [0.25, 0.3) is 11.2 Å². The molecular formula is C11H12ClIN4. The van der Waals surface area contributed by atoms with E-state index < -0.39 is 0 Å². The van der Waals surface area contributed by atoms with Crippen LogP contribution in [0.4, 0.5) is 0 Å². The van der Waals surface area contributed by atoms with Crippen LogP contribution in [0, 0.1) is 3.83 Å². The van der Waals surface area contributed by atoms with Gasteiger partial charge in [-0.15, -0.1) is 0 Å². The smallest absolute Gasteiger partial charge is 0.194 e. The molecule has 2 aromatic heterocycles. The van der Waals surface area contributed by atoms with E-state index in [1.807, 2.05) is 6.33 Å². The molecule has 0 unspecified atom stereocenters. The molecule has 3 rings (SSSR count). The van der Waals surface area contributed by atoms with Crippen LogP contribution in [0.15, 0.2) is 6.33 Å². The van der Waals surface area contributed by atoms with Crippen molar-refractivity contribution in [2.75, 3.05) is 0 Å². The SMILES string of the molecule is Clc1nc(I)nc2c1ncn2C1CCCCC1. The average molecular weight is 363 g/mol. The van der Waals surface area contributed by atoms with Crippen molar-refractivity contribution in [1.82, 2.24) is 19.5 Å². The molecule has 0 spiro atoms. The largest absolute Gasteiger partial charge is 0.312 e. The number of halogens is 2. The number of imidazole rings is 1. The zero-order chi connectivity index (χ0) is 11.8. The molecule has 2 heterocycles. The number of hydrogen-bond acceptors (Lipinski definition) is 3. The molecule has 1 fully saturated rings. The highest BCUT2D eigenvalue weighted by Gasteiger charge is 2.19. The Morgan fingerprint density at radius 1 is 1.24 bits per heavy atom. The van der Waals surface area contributed by atoms with Gasteiger partial charge in [0.25, 0.3) is 0 Å². The Morgan fingerprint density at radius 3 is 2.76 bits per heavy atom. The fourth-order valence-corrected chi connectivity index (χ4v) is 3.31. The number of hydrogen-bond donors (Lipinski definition) is 0. The topological polar surface area (TPSA) is 43.6 Å². The van der Waals surface area contributed by atoms with Crippen LogP contribution in [-0.2, 0) is 0 Å². The highest BCUT2D eigenvalue weighted by atomic mass is 127. The second-order valence-electron chi connectivity index (χ2n) is 4.40. The van der Waals surface area contributed by atoms with E-state index in [0.29, 0.717) is 15.0 Å². The van der Waals surface area contributed by atoms with Crippen LogP contribution in [0.2, 0.25) is 5.15 Å². The molecule has 2 aromatic rings. The molecule has 1 aliphatic carbocycles. The molecule has 90 valence electrons. The Kier molecular flexibility index (Phi) is 3.21. The van der Waals surface area contributed by atoms with Gasteiger partial charge in [-0.2, -0.15) is 0 Å². The average Bonchev–Trinajstić information content (AvgIpc) is 2.74. The molecule has 0 N–H and O–H groups in total. The van der Waals surface area contributed by atoms with Crippen molar-refractivity contribution >= 4 is 45.4 Å². The van der Waals surface area contributed by atoms with E-state index >= 15 is 0 Å². The highest BCUT2D eigenvalue weighted by molar-refractivity contribution is 14.1. The van der Waals surface area contributed by atoms with Crippen LogP contribution < -0.4 is 0 Å². The highest BCUT2D eigenvalue weighted by Crippen LogP contribution is 2.31. The van der Waals surface area contributed by atoms with Crippen LogP contribution in [-0.4, -0.2) is 19.5 Å². The van der Waals surface area contributed by atoms with Crippen molar-refractivity contribution in [1.29, 1.82) is 0 Å². The van der Waals surface area contributed by atoms with E-state index in [0.717, 1.165) is 11.2 Å². The van der Waals surface area contributed by atoms with E-state index in [-0.39, 0.29) is 0 Å². The van der Waals surface area contributed by atoms with Gasteiger partial charge in [0.05, 0.1) is 6.33 Å². The van der Waals surface area contributed by atoms with Gasteiger partial charge < -0.3 is 4.57 Å². The maximum atomic E-state index is 6.08. The third-order valence-electron chi connectivity index (χ3n) is 3.32. The van der Waals surface area contributed by atoms with Crippen LogP contribution in [0.1, 0.15) is 38.1 Å². The summed E-state index contributed by atoms with van der Waals surface area (Å²) < 4.78 is 2.85. The van der Waals surface area contributed by atoms with E-state index in [1.165, 1.54) is 32.1 Å². The molecule has 0 bridgehead atoms. The Hall–Kier alpha value is -0.430. The number of fused-ring (bicyclic) bond motifs is 1. The summed E-state index contributed by atoms with van der Waals surface area (Å²) in [6.07, 6.45) is 8.21. The second kappa shape index (κ2) is 4.68. The normalized spacial score (nSPS) is 17.8. The van der Waals surface area contributed by atoms with E-state index in [2.05, 4.69) is 42.1 Å². The summed E-state index contributed by atoms with van der Waals surface area (Å²) in [5, 5.41) is 0.453. The van der Waals surface area contributed by atoms with Crippen LogP contribution in [0.5, 0.6) is 0 Å². The van der Waals surface area contributed by atoms with Crippen LogP contribution in [0.3, 0.4) is 0 Å². The predicted molar refractivity (Wildman–Crippen MR) is 75.2 cm³/mol. The summed E-state index contributed by atoms with van der Waals surface area (Å²) in [4.78, 5) is 12.9. The number of aromatic nitrogens is 4. The molecule has 6 heteroatoms. The number of nitrogens with zero attached hydrogens (tertiary/aromatic N) is 4. The third-order valence-corrected chi connectivity index (χ3v) is 4.07. The Balaban J connectivity index is 2.10. The van der Waals surface area contributed by atoms with Gasteiger partial charge in [-0.3, -0.25) is 0 Å². The summed E-state index contributed by atoms with van der Waals surface area (Å²) >= 11 is 8.17. The lowest BCUT2D eigenvalue weighted by Gasteiger charge is -2.23. The van der Waals surface area contributed by atoms with E-state index in [4.69, 9.17) is 11.6 Å². The monoisotopic (exact) mass is 362 g/mol. The molecule has 0 saturated heterocycles. The third kappa shape index (κ3) is 2.14. The Labute approximate surface area is 118 Å². The van der Waals surface area contributed by atoms with Gasteiger partial charge in [-0.1, -0.05) is 30.9 Å². The standard InChI is InChI=1S/C11H12ClIN4/c12-9-8-10(16-11(13)15-9)17(6-14-8)7-4-2-1-3-5-7/h6-7H,1-5H2. The summed E-state index contributed by atoms with van der Waals surface area (Å²) in [5.41, 5.74) is 1.60. The molecule has 4 nitrogen and oxygen atoms in total. The first kappa shape index (κ1) is 11.6. The van der Waals surface area contributed by atoms with Crippen molar-refractivity contribution in [3.8, 4) is 0 Å². The summed E-state index contributed by atoms with van der Waals surface area (Å²) in [6.45, 7) is 0. The second-order valence-corrected chi connectivity index (χ2v) is 5.72. The van der Waals surface area contributed by atoms with Gasteiger partial charge in [-0.05, 0) is 12.8 Å². The minimum atomic E-state index is 0.453. The van der Waals surface area contributed by atoms with Crippen molar-refractivity contribution in [2.45, 2.75) is 38.1 Å². The first-order valence-corrected chi connectivity index (χ1v) is 7.27. The maximum Gasteiger partial charge on any atom is 0.194 e. The van der Waals surface area contributed by atoms with E-state index in [9.17, 15) is 0 Å². The van der Waals surface area contributed by atoms with Gasteiger partial charge in [0.1, 0.15) is 5.52 Å². The quantitative estimate of drug-likeness (QED) is 0.442. The molecule has 17 heavy (non-hydrogen) atoms. The minimum absolute atomic E-state index is 0.453. The maximum absolute atomic E-state index is 6.08. The van der Waals surface area contributed by atoms with Gasteiger partial charge in [-0.25, -0.2) is 15.0 Å². The Bertz CT molecular complexity index is 548. The van der Waals surface area contributed by atoms with Gasteiger partial charge >= 0.3 is 0 Å². The molecule has 1 saturated carbocycles. The van der Waals surface area contributed by atoms with Crippen molar-refractivity contribution < 1.29 is 0 Å². The zero-order valence-corrected chi connectivity index (χ0v) is 12.1. The zero-order valence-electron chi connectivity index (χ0n) is 9.24. The predicted octanol–water partition coefficient (Wildman–Crippen LogP) is 3.59. The first-order chi connectivity index (χ1) is 8.25. The van der Waals surface area contributed by atoms with Gasteiger partial charge in [0.2, 0.25) is 0 Å². The lowest BCUT2D eigenvalue weighted by atomic mass is 9.95. The fraction of sp³-hybridized carbons (Fsp3) is 0.545. The molecule has 0 aliphatic heterocycles. The summed E-state index contributed by atoms with van der Waals surface area (Å²) in [6, 6.07) is 0.524. The lowest BCUT2D eigenvalue weighted by Crippen LogP contribution is -2.12. The number of rotatable bonds is 1. The van der Waals surface area contributed by atoms with Crippen molar-refractivity contribution in [3.05, 3.63) is 15.3 Å². The van der Waals surface area contributed by atoms with Gasteiger partial charge in [0, 0.05) is 28.6 Å². The summed E-state index contributed by atoms with van der Waals surface area (Å²) in [7, 11) is 0. The molecule has 0 radical (unpaired) electrons. The lowest BCUT2D eigenvalue weighted by molar-refractivity contribution is 0.358. The molecule has 0 atom stereocenters. The van der Waals surface area contributed by atoms with E-state index in [1.54, 1.807) is 0 Å². The minimum Gasteiger partial charge on any atom is -0.312 e. The van der Waals surface area contributed by atoms with Crippen molar-refractivity contribution in [3.63, 3.8) is 0 Å². The fourth-order valence-electron chi connectivity index (χ4n) is 2.48. The molecule has 1 aliphatic rings. The molecule has 0 amide bonds. The van der Waals surface area contributed by atoms with Crippen molar-refractivity contribution in [2.24, 2.45) is 0 Å².